The summed E-state index contributed by atoms with van der Waals surface area (Å²) in [6.07, 6.45) is 0.230. The quantitative estimate of drug-likeness (QED) is 0.858. The zero-order chi connectivity index (χ0) is 16.9. The van der Waals surface area contributed by atoms with E-state index < -0.39 is 0 Å². The topological polar surface area (TPSA) is 67.4 Å². The van der Waals surface area contributed by atoms with Gasteiger partial charge in [-0.25, -0.2) is 0 Å². The first kappa shape index (κ1) is 16.1. The second-order valence-electron chi connectivity index (χ2n) is 5.67. The average Bonchev–Trinajstić information content (AvgIpc) is 2.90. The number of benzene rings is 2. The van der Waals surface area contributed by atoms with Gasteiger partial charge >= 0.3 is 0 Å². The highest BCUT2D eigenvalue weighted by Crippen LogP contribution is 2.27. The SMILES string of the molecule is CCOc1cccc(CNC(=O)CC2NC(=O)c3ccccc32)c1. The summed E-state index contributed by atoms with van der Waals surface area (Å²) in [7, 11) is 0. The van der Waals surface area contributed by atoms with Gasteiger partial charge in [-0.1, -0.05) is 30.3 Å². The van der Waals surface area contributed by atoms with Crippen LogP contribution in [-0.2, 0) is 11.3 Å². The van der Waals surface area contributed by atoms with Crippen LogP contribution in [0.3, 0.4) is 0 Å². The Bertz CT molecular complexity index is 758. The van der Waals surface area contributed by atoms with E-state index in [1.54, 1.807) is 6.07 Å². The minimum Gasteiger partial charge on any atom is -0.494 e. The average molecular weight is 324 g/mol. The Kier molecular flexibility index (Phi) is 4.79. The van der Waals surface area contributed by atoms with E-state index in [0.29, 0.717) is 18.7 Å². The van der Waals surface area contributed by atoms with E-state index >= 15 is 0 Å². The van der Waals surface area contributed by atoms with Gasteiger partial charge in [0, 0.05) is 12.1 Å². The van der Waals surface area contributed by atoms with Crippen molar-refractivity contribution in [3.8, 4) is 5.75 Å². The predicted octanol–water partition coefficient (Wildman–Crippen LogP) is 2.58. The number of ether oxygens (including phenoxy) is 1. The molecule has 124 valence electrons. The van der Waals surface area contributed by atoms with E-state index in [1.807, 2.05) is 49.4 Å². The molecule has 0 saturated carbocycles. The molecule has 2 aromatic rings. The van der Waals surface area contributed by atoms with Crippen molar-refractivity contribution in [1.29, 1.82) is 0 Å². The predicted molar refractivity (Wildman–Crippen MR) is 90.7 cm³/mol. The Morgan fingerprint density at radius 3 is 2.88 bits per heavy atom. The minimum atomic E-state index is -0.261. The number of rotatable bonds is 6. The van der Waals surface area contributed by atoms with Crippen LogP contribution in [0.5, 0.6) is 5.75 Å². The van der Waals surface area contributed by atoms with Gasteiger partial charge < -0.3 is 15.4 Å². The molecule has 1 atom stereocenters. The summed E-state index contributed by atoms with van der Waals surface area (Å²) in [4.78, 5) is 24.1. The maximum atomic E-state index is 12.2. The molecule has 5 nitrogen and oxygen atoms in total. The summed E-state index contributed by atoms with van der Waals surface area (Å²) >= 11 is 0. The van der Waals surface area contributed by atoms with Crippen LogP contribution in [0, 0.1) is 0 Å². The molecule has 0 radical (unpaired) electrons. The highest BCUT2D eigenvalue weighted by molar-refractivity contribution is 5.99. The Labute approximate surface area is 141 Å². The van der Waals surface area contributed by atoms with E-state index in [0.717, 1.165) is 16.9 Å². The number of nitrogens with one attached hydrogen (secondary N) is 2. The van der Waals surface area contributed by atoms with Crippen molar-refractivity contribution in [2.45, 2.75) is 25.9 Å². The van der Waals surface area contributed by atoms with Crippen molar-refractivity contribution in [2.75, 3.05) is 6.61 Å². The summed E-state index contributed by atoms with van der Waals surface area (Å²) in [5, 5.41) is 5.75. The zero-order valence-corrected chi connectivity index (χ0v) is 13.5. The molecule has 0 aliphatic carbocycles. The summed E-state index contributed by atoms with van der Waals surface area (Å²) in [5.74, 6) is 0.577. The normalized spacial score (nSPS) is 15.5. The van der Waals surface area contributed by atoms with Crippen molar-refractivity contribution in [3.05, 3.63) is 65.2 Å². The molecule has 2 amide bonds. The molecule has 1 unspecified atom stereocenters. The monoisotopic (exact) mass is 324 g/mol. The summed E-state index contributed by atoms with van der Waals surface area (Å²) < 4.78 is 5.45. The molecule has 3 rings (SSSR count). The highest BCUT2D eigenvalue weighted by atomic mass is 16.5. The zero-order valence-electron chi connectivity index (χ0n) is 13.5. The van der Waals surface area contributed by atoms with Gasteiger partial charge in [0.05, 0.1) is 19.1 Å². The molecule has 5 heteroatoms. The van der Waals surface area contributed by atoms with Gasteiger partial charge in [-0.3, -0.25) is 9.59 Å². The fourth-order valence-electron chi connectivity index (χ4n) is 2.85. The molecule has 1 aliphatic rings. The molecule has 2 N–H and O–H groups in total. The van der Waals surface area contributed by atoms with Crippen LogP contribution in [0.25, 0.3) is 0 Å². The Balaban J connectivity index is 1.57. The number of carbonyl (C=O) groups is 2. The number of hydrogen-bond acceptors (Lipinski definition) is 3. The van der Waals surface area contributed by atoms with Crippen LogP contribution in [0.15, 0.2) is 48.5 Å². The van der Waals surface area contributed by atoms with E-state index in [-0.39, 0.29) is 24.3 Å². The molecular formula is C19H20N2O3. The van der Waals surface area contributed by atoms with Crippen LogP contribution >= 0.6 is 0 Å². The number of carbonyl (C=O) groups excluding carboxylic acids is 2. The molecule has 1 heterocycles. The van der Waals surface area contributed by atoms with Crippen LogP contribution in [0.1, 0.15) is 40.9 Å². The second-order valence-corrected chi connectivity index (χ2v) is 5.67. The van der Waals surface area contributed by atoms with Gasteiger partial charge in [-0.2, -0.15) is 0 Å². The first-order chi connectivity index (χ1) is 11.7. The van der Waals surface area contributed by atoms with Gasteiger partial charge in [0.2, 0.25) is 5.91 Å². The summed E-state index contributed by atoms with van der Waals surface area (Å²) in [5.41, 5.74) is 2.51. The van der Waals surface area contributed by atoms with Crippen LogP contribution < -0.4 is 15.4 Å². The van der Waals surface area contributed by atoms with Gasteiger partial charge in [0.15, 0.2) is 0 Å². The van der Waals surface area contributed by atoms with Gasteiger partial charge in [-0.15, -0.1) is 0 Å². The number of hydrogen-bond donors (Lipinski definition) is 2. The molecule has 0 saturated heterocycles. The fourth-order valence-corrected chi connectivity index (χ4v) is 2.85. The molecule has 0 bridgehead atoms. The van der Waals surface area contributed by atoms with E-state index in [2.05, 4.69) is 10.6 Å². The molecule has 24 heavy (non-hydrogen) atoms. The molecule has 2 aromatic carbocycles. The third kappa shape index (κ3) is 3.56. The van der Waals surface area contributed by atoms with Crippen molar-refractivity contribution in [2.24, 2.45) is 0 Å². The van der Waals surface area contributed by atoms with Crippen molar-refractivity contribution in [1.82, 2.24) is 10.6 Å². The second kappa shape index (κ2) is 7.17. The molecule has 0 fully saturated rings. The standard InChI is InChI=1S/C19H20N2O3/c1-2-24-14-7-5-6-13(10-14)12-20-18(22)11-17-15-8-3-4-9-16(15)19(23)21-17/h3-10,17H,2,11-12H2,1H3,(H,20,22)(H,21,23). The van der Waals surface area contributed by atoms with Crippen molar-refractivity contribution >= 4 is 11.8 Å². The number of fused-ring (bicyclic) bond motifs is 1. The summed E-state index contributed by atoms with van der Waals surface area (Å²) in [6.45, 7) is 2.97. The van der Waals surface area contributed by atoms with Crippen molar-refractivity contribution in [3.63, 3.8) is 0 Å². The maximum absolute atomic E-state index is 12.2. The third-order valence-corrected chi connectivity index (χ3v) is 3.97. The van der Waals surface area contributed by atoms with Crippen molar-refractivity contribution < 1.29 is 14.3 Å². The molecule has 1 aliphatic heterocycles. The fraction of sp³-hybridized carbons (Fsp3) is 0.263. The third-order valence-electron chi connectivity index (χ3n) is 3.97. The van der Waals surface area contributed by atoms with Gasteiger partial charge in [0.25, 0.3) is 5.91 Å². The maximum Gasteiger partial charge on any atom is 0.252 e. The Morgan fingerprint density at radius 2 is 2.04 bits per heavy atom. The van der Waals surface area contributed by atoms with Crippen LogP contribution in [0.2, 0.25) is 0 Å². The molecule has 0 aromatic heterocycles. The largest absolute Gasteiger partial charge is 0.494 e. The lowest BCUT2D eigenvalue weighted by Crippen LogP contribution is -2.28. The Morgan fingerprint density at radius 1 is 1.21 bits per heavy atom. The Hall–Kier alpha value is -2.82. The minimum absolute atomic E-state index is 0.0983. The first-order valence-corrected chi connectivity index (χ1v) is 8.05. The van der Waals surface area contributed by atoms with E-state index in [9.17, 15) is 9.59 Å². The lowest BCUT2D eigenvalue weighted by Gasteiger charge is -2.12. The lowest BCUT2D eigenvalue weighted by atomic mass is 10.0. The van der Waals surface area contributed by atoms with Gasteiger partial charge in [-0.05, 0) is 36.2 Å². The first-order valence-electron chi connectivity index (χ1n) is 8.05. The molecular weight excluding hydrogens is 304 g/mol. The van der Waals surface area contributed by atoms with Gasteiger partial charge in [0.1, 0.15) is 5.75 Å². The van der Waals surface area contributed by atoms with Crippen LogP contribution in [0.4, 0.5) is 0 Å². The lowest BCUT2D eigenvalue weighted by molar-refractivity contribution is -0.121. The summed E-state index contributed by atoms with van der Waals surface area (Å²) in [6, 6.07) is 14.8. The van der Waals surface area contributed by atoms with Crippen LogP contribution in [-0.4, -0.2) is 18.4 Å². The van der Waals surface area contributed by atoms with E-state index in [4.69, 9.17) is 4.74 Å². The van der Waals surface area contributed by atoms with E-state index in [1.165, 1.54) is 0 Å². The molecule has 0 spiro atoms. The number of amides is 2. The highest BCUT2D eigenvalue weighted by Gasteiger charge is 2.29. The smallest absolute Gasteiger partial charge is 0.252 e.